The highest BCUT2D eigenvalue weighted by atomic mass is 16.5. The van der Waals surface area contributed by atoms with Crippen molar-refractivity contribution >= 4 is 11.6 Å². The normalized spacial score (nSPS) is 13.1. The molecule has 1 amide bonds. The lowest BCUT2D eigenvalue weighted by molar-refractivity contribution is 0.102. The van der Waals surface area contributed by atoms with E-state index in [0.29, 0.717) is 24.5 Å². The van der Waals surface area contributed by atoms with Crippen LogP contribution < -0.4 is 5.32 Å². The quantitative estimate of drug-likeness (QED) is 0.900. The van der Waals surface area contributed by atoms with E-state index in [0.717, 1.165) is 16.7 Å². The van der Waals surface area contributed by atoms with Crippen molar-refractivity contribution in [3.8, 4) is 0 Å². The van der Waals surface area contributed by atoms with Gasteiger partial charge in [0.15, 0.2) is 0 Å². The van der Waals surface area contributed by atoms with Crippen LogP contribution in [0.3, 0.4) is 0 Å². The topological polar surface area (TPSA) is 58.6 Å². The molecule has 20 heavy (non-hydrogen) atoms. The predicted molar refractivity (Wildman–Crippen MR) is 75.3 cm³/mol. The second-order valence-electron chi connectivity index (χ2n) is 4.79. The van der Waals surface area contributed by atoms with Gasteiger partial charge in [-0.25, -0.2) is 0 Å². The summed E-state index contributed by atoms with van der Waals surface area (Å²) in [4.78, 5) is 12.2. The average Bonchev–Trinajstić information content (AvgIpc) is 2.94. The van der Waals surface area contributed by atoms with Crippen molar-refractivity contribution < 1.29 is 14.6 Å². The van der Waals surface area contributed by atoms with Gasteiger partial charge in [0.05, 0.1) is 19.8 Å². The van der Waals surface area contributed by atoms with E-state index in [1.54, 1.807) is 24.3 Å². The molecule has 0 radical (unpaired) electrons. The Morgan fingerprint density at radius 1 is 1.15 bits per heavy atom. The van der Waals surface area contributed by atoms with Crippen molar-refractivity contribution in [2.75, 3.05) is 5.32 Å². The minimum absolute atomic E-state index is 0.0418. The second kappa shape index (κ2) is 5.45. The van der Waals surface area contributed by atoms with Gasteiger partial charge in [-0.2, -0.15) is 0 Å². The van der Waals surface area contributed by atoms with Gasteiger partial charge in [-0.3, -0.25) is 4.79 Å². The molecular formula is C16H15NO3. The number of hydrogen-bond acceptors (Lipinski definition) is 3. The summed E-state index contributed by atoms with van der Waals surface area (Å²) in [5.74, 6) is -0.158. The molecule has 0 unspecified atom stereocenters. The molecule has 0 aliphatic carbocycles. The van der Waals surface area contributed by atoms with Crippen LogP contribution in [0, 0.1) is 0 Å². The molecule has 2 aromatic carbocycles. The van der Waals surface area contributed by atoms with Crippen molar-refractivity contribution in [1.82, 2.24) is 0 Å². The molecule has 2 aromatic rings. The largest absolute Gasteiger partial charge is 0.392 e. The highest BCUT2D eigenvalue weighted by Gasteiger charge is 2.14. The molecule has 0 saturated heterocycles. The van der Waals surface area contributed by atoms with Crippen LogP contribution in [-0.2, 0) is 24.6 Å². The lowest BCUT2D eigenvalue weighted by Gasteiger charge is -2.07. The number of hydrogen-bond donors (Lipinski definition) is 2. The predicted octanol–water partition coefficient (Wildman–Crippen LogP) is 2.46. The molecule has 0 bridgehead atoms. The van der Waals surface area contributed by atoms with E-state index in [1.807, 2.05) is 18.2 Å². The van der Waals surface area contributed by atoms with E-state index < -0.39 is 0 Å². The minimum atomic E-state index is -0.158. The van der Waals surface area contributed by atoms with Crippen molar-refractivity contribution in [2.45, 2.75) is 19.8 Å². The number of nitrogens with one attached hydrogen (secondary N) is 1. The summed E-state index contributed by atoms with van der Waals surface area (Å²) >= 11 is 0. The monoisotopic (exact) mass is 269 g/mol. The molecule has 1 aliphatic rings. The summed E-state index contributed by atoms with van der Waals surface area (Å²) in [5.41, 5.74) is 4.28. The zero-order valence-corrected chi connectivity index (χ0v) is 10.9. The maximum Gasteiger partial charge on any atom is 0.255 e. The second-order valence-corrected chi connectivity index (χ2v) is 4.79. The van der Waals surface area contributed by atoms with E-state index >= 15 is 0 Å². The lowest BCUT2D eigenvalue weighted by atomic mass is 10.1. The third kappa shape index (κ3) is 2.57. The smallest absolute Gasteiger partial charge is 0.255 e. The van der Waals surface area contributed by atoms with E-state index in [9.17, 15) is 4.79 Å². The van der Waals surface area contributed by atoms with E-state index in [2.05, 4.69) is 5.32 Å². The molecule has 0 fully saturated rings. The fourth-order valence-electron chi connectivity index (χ4n) is 2.26. The van der Waals surface area contributed by atoms with Crippen LogP contribution in [0.15, 0.2) is 42.5 Å². The lowest BCUT2D eigenvalue weighted by Crippen LogP contribution is -2.12. The number of rotatable bonds is 3. The van der Waals surface area contributed by atoms with Crippen molar-refractivity contribution in [1.29, 1.82) is 0 Å². The maximum atomic E-state index is 12.2. The number of amides is 1. The van der Waals surface area contributed by atoms with Crippen LogP contribution in [0.2, 0.25) is 0 Å². The number of carbonyl (C=O) groups is 1. The minimum Gasteiger partial charge on any atom is -0.392 e. The number of fused-ring (bicyclic) bond motifs is 1. The van der Waals surface area contributed by atoms with Gasteiger partial charge in [-0.15, -0.1) is 0 Å². The molecule has 0 saturated carbocycles. The van der Waals surface area contributed by atoms with E-state index in [4.69, 9.17) is 9.84 Å². The average molecular weight is 269 g/mol. The standard InChI is InChI=1S/C16H15NO3/c18-8-11-2-1-3-15(6-11)17-16(19)12-4-5-13-9-20-10-14(13)7-12/h1-7,18H,8-10H2,(H,17,19). The first kappa shape index (κ1) is 12.8. The SMILES string of the molecule is O=C(Nc1cccc(CO)c1)c1ccc2c(c1)COC2. The molecule has 4 heteroatoms. The van der Waals surface area contributed by atoms with Crippen LogP contribution >= 0.6 is 0 Å². The van der Waals surface area contributed by atoms with Gasteiger partial charge in [0.2, 0.25) is 0 Å². The molecule has 3 rings (SSSR count). The van der Waals surface area contributed by atoms with Crippen molar-refractivity contribution in [3.05, 3.63) is 64.7 Å². The highest BCUT2D eigenvalue weighted by molar-refractivity contribution is 6.04. The number of aliphatic hydroxyl groups is 1. The third-order valence-corrected chi connectivity index (χ3v) is 3.35. The van der Waals surface area contributed by atoms with Gasteiger partial charge in [0, 0.05) is 11.3 Å². The first-order valence-electron chi connectivity index (χ1n) is 6.47. The van der Waals surface area contributed by atoms with Crippen molar-refractivity contribution in [2.24, 2.45) is 0 Å². The van der Waals surface area contributed by atoms with E-state index in [-0.39, 0.29) is 12.5 Å². The first-order valence-corrected chi connectivity index (χ1v) is 6.47. The van der Waals surface area contributed by atoms with Gasteiger partial charge < -0.3 is 15.2 Å². The number of anilines is 1. The Balaban J connectivity index is 1.79. The highest BCUT2D eigenvalue weighted by Crippen LogP contribution is 2.21. The zero-order chi connectivity index (χ0) is 13.9. The molecule has 102 valence electrons. The third-order valence-electron chi connectivity index (χ3n) is 3.35. The Hall–Kier alpha value is -2.17. The van der Waals surface area contributed by atoms with Gasteiger partial charge in [-0.1, -0.05) is 18.2 Å². The Labute approximate surface area is 117 Å². The van der Waals surface area contributed by atoms with Gasteiger partial charge in [0.1, 0.15) is 0 Å². The summed E-state index contributed by atoms with van der Waals surface area (Å²) in [6.07, 6.45) is 0. The Bertz CT molecular complexity index is 652. The van der Waals surface area contributed by atoms with Crippen LogP contribution in [0.1, 0.15) is 27.0 Å². The van der Waals surface area contributed by atoms with Crippen molar-refractivity contribution in [3.63, 3.8) is 0 Å². The molecule has 2 N–H and O–H groups in total. The molecule has 0 spiro atoms. The molecule has 4 nitrogen and oxygen atoms in total. The molecular weight excluding hydrogens is 254 g/mol. The zero-order valence-electron chi connectivity index (χ0n) is 10.9. The first-order chi connectivity index (χ1) is 9.76. The fraction of sp³-hybridized carbons (Fsp3) is 0.188. The van der Waals surface area contributed by atoms with Gasteiger partial charge >= 0.3 is 0 Å². The molecule has 0 atom stereocenters. The molecule has 1 aliphatic heterocycles. The Morgan fingerprint density at radius 3 is 2.85 bits per heavy atom. The van der Waals surface area contributed by atoms with Crippen LogP contribution in [0.4, 0.5) is 5.69 Å². The number of benzene rings is 2. The summed E-state index contributed by atoms with van der Waals surface area (Å²) in [7, 11) is 0. The number of carbonyl (C=O) groups excluding carboxylic acids is 1. The van der Waals surface area contributed by atoms with Crippen LogP contribution in [0.5, 0.6) is 0 Å². The molecule has 1 heterocycles. The molecule has 0 aromatic heterocycles. The summed E-state index contributed by atoms with van der Waals surface area (Å²) < 4.78 is 5.34. The summed E-state index contributed by atoms with van der Waals surface area (Å²) in [6, 6.07) is 12.8. The Kier molecular flexibility index (Phi) is 3.50. The summed E-state index contributed by atoms with van der Waals surface area (Å²) in [5, 5.41) is 11.9. The fourth-order valence-corrected chi connectivity index (χ4v) is 2.26. The van der Waals surface area contributed by atoms with Crippen LogP contribution in [0.25, 0.3) is 0 Å². The maximum absolute atomic E-state index is 12.2. The van der Waals surface area contributed by atoms with E-state index in [1.165, 1.54) is 0 Å². The summed E-state index contributed by atoms with van der Waals surface area (Å²) in [6.45, 7) is 1.14. The van der Waals surface area contributed by atoms with Gasteiger partial charge in [0.25, 0.3) is 5.91 Å². The number of aliphatic hydroxyl groups excluding tert-OH is 1. The van der Waals surface area contributed by atoms with Crippen LogP contribution in [-0.4, -0.2) is 11.0 Å². The van der Waals surface area contributed by atoms with Gasteiger partial charge in [-0.05, 0) is 41.0 Å². The Morgan fingerprint density at radius 2 is 2.00 bits per heavy atom. The number of ether oxygens (including phenoxy) is 1.